The van der Waals surface area contributed by atoms with Crippen molar-refractivity contribution in [2.24, 2.45) is 10.9 Å². The Bertz CT molecular complexity index is 750. The molecule has 3 rings (SSSR count). The number of amides is 1. The number of nitrogen functional groups attached to an aromatic ring is 1. The van der Waals surface area contributed by atoms with E-state index in [1.54, 1.807) is 26.8 Å². The number of fused-ring (bicyclic) bond motifs is 1. The minimum absolute atomic E-state index is 0.0527. The number of hydrogen-bond acceptors (Lipinski definition) is 5. The molecule has 0 spiro atoms. The van der Waals surface area contributed by atoms with Crippen LogP contribution in [0.2, 0.25) is 0 Å². The average molecular weight is 381 g/mol. The van der Waals surface area contributed by atoms with Gasteiger partial charge in [0.1, 0.15) is 11.4 Å². The van der Waals surface area contributed by atoms with Gasteiger partial charge in [-0.3, -0.25) is 4.90 Å². The van der Waals surface area contributed by atoms with Crippen molar-refractivity contribution in [3.8, 4) is 0 Å². The fourth-order valence-corrected chi connectivity index (χ4v) is 5.04. The summed E-state index contributed by atoms with van der Waals surface area (Å²) in [5.74, 6) is 0.301. The monoisotopic (exact) mass is 381 g/mol. The predicted octanol–water partition coefficient (Wildman–Crippen LogP) is 3.52. The van der Waals surface area contributed by atoms with E-state index in [4.69, 9.17) is 15.5 Å². The Morgan fingerprint density at radius 1 is 1.50 bits per heavy atom. The highest BCUT2D eigenvalue weighted by atomic mass is 32.2. The van der Waals surface area contributed by atoms with Gasteiger partial charge in [-0.25, -0.2) is 14.2 Å². The van der Waals surface area contributed by atoms with E-state index in [-0.39, 0.29) is 12.5 Å². The molecular formula is C18H24FN3O3S. The highest BCUT2D eigenvalue weighted by Crippen LogP contribution is 2.47. The van der Waals surface area contributed by atoms with Gasteiger partial charge >= 0.3 is 6.09 Å². The van der Waals surface area contributed by atoms with Crippen molar-refractivity contribution in [2.75, 3.05) is 24.7 Å². The summed E-state index contributed by atoms with van der Waals surface area (Å²) in [6.07, 6.45) is -0.345. The van der Waals surface area contributed by atoms with Crippen LogP contribution in [0, 0.1) is 11.7 Å². The molecule has 0 bridgehead atoms. The fourth-order valence-electron chi connectivity index (χ4n) is 3.54. The maximum absolute atomic E-state index is 14.7. The third kappa shape index (κ3) is 3.27. The van der Waals surface area contributed by atoms with Gasteiger partial charge in [0.2, 0.25) is 0 Å². The number of carbonyl (C=O) groups is 1. The second-order valence-electron chi connectivity index (χ2n) is 7.70. The maximum atomic E-state index is 14.7. The number of nitrogens with two attached hydrogens (primary N) is 1. The second kappa shape index (κ2) is 6.74. The molecular weight excluding hydrogens is 357 g/mol. The van der Waals surface area contributed by atoms with E-state index in [0.29, 0.717) is 28.8 Å². The van der Waals surface area contributed by atoms with Crippen LogP contribution in [0.5, 0.6) is 0 Å². The maximum Gasteiger partial charge on any atom is 0.413 e. The normalized spacial score (nSPS) is 26.0. The van der Waals surface area contributed by atoms with E-state index in [0.717, 1.165) is 6.42 Å². The molecule has 2 aliphatic heterocycles. The number of thioether (sulfide) groups is 1. The molecule has 6 nitrogen and oxygen atoms in total. The summed E-state index contributed by atoms with van der Waals surface area (Å²) in [7, 11) is 0. The Morgan fingerprint density at radius 2 is 2.23 bits per heavy atom. The lowest BCUT2D eigenvalue weighted by molar-refractivity contribution is 0.00214. The molecule has 0 aromatic heterocycles. The molecule has 0 unspecified atom stereocenters. The number of nitrogens with zero attached hydrogens (tertiary/aromatic N) is 2. The van der Waals surface area contributed by atoms with Crippen LogP contribution in [0.3, 0.4) is 0 Å². The Balaban J connectivity index is 2.17. The third-order valence-electron chi connectivity index (χ3n) is 4.83. The first kappa shape index (κ1) is 19.0. The van der Waals surface area contributed by atoms with E-state index in [1.165, 1.54) is 28.8 Å². The lowest BCUT2D eigenvalue weighted by Gasteiger charge is -2.46. The predicted molar refractivity (Wildman–Crippen MR) is 101 cm³/mol. The lowest BCUT2D eigenvalue weighted by atomic mass is 9.76. The number of ether oxygens (including phenoxy) is 1. The lowest BCUT2D eigenvalue weighted by Crippen LogP contribution is -2.53. The van der Waals surface area contributed by atoms with E-state index in [1.807, 2.05) is 0 Å². The summed E-state index contributed by atoms with van der Waals surface area (Å²) in [6.45, 7) is 6.22. The average Bonchev–Trinajstić information content (AvgIpc) is 2.55. The minimum Gasteiger partial charge on any atom is -0.465 e. The van der Waals surface area contributed by atoms with Gasteiger partial charge in [-0.2, -0.15) is 0 Å². The van der Waals surface area contributed by atoms with Crippen LogP contribution in [-0.2, 0) is 10.3 Å². The van der Waals surface area contributed by atoms with Gasteiger partial charge in [0.25, 0.3) is 0 Å². The van der Waals surface area contributed by atoms with E-state index in [2.05, 4.69) is 0 Å². The largest absolute Gasteiger partial charge is 0.465 e. The summed E-state index contributed by atoms with van der Waals surface area (Å²) in [5.41, 5.74) is 5.09. The molecule has 0 aliphatic carbocycles. The third-order valence-corrected chi connectivity index (χ3v) is 5.93. The standard InChI is InChI=1S/C18H24FN3O3S/c1-17(2,3)22(16(23)24)15-21-18(10-25-7-6-11(18)9-26-15)13-8-12(20)4-5-14(13)19/h4-5,8,11H,6-7,9-10,20H2,1-3H3,(H,23,24)/t11-,18-/m0/s1. The van der Waals surface area contributed by atoms with Gasteiger partial charge in [0.05, 0.1) is 6.61 Å². The Kier molecular flexibility index (Phi) is 4.92. The first-order chi connectivity index (χ1) is 12.1. The molecule has 26 heavy (non-hydrogen) atoms. The number of hydrogen-bond donors (Lipinski definition) is 2. The van der Waals surface area contributed by atoms with Gasteiger partial charge in [-0.05, 0) is 45.4 Å². The Morgan fingerprint density at radius 3 is 2.88 bits per heavy atom. The number of carboxylic acid groups (broad SMARTS) is 1. The number of anilines is 1. The molecule has 2 heterocycles. The highest BCUT2D eigenvalue weighted by Gasteiger charge is 2.49. The quantitative estimate of drug-likeness (QED) is 0.727. The first-order valence-electron chi connectivity index (χ1n) is 8.54. The molecule has 2 atom stereocenters. The Labute approximate surface area is 156 Å². The van der Waals surface area contributed by atoms with Gasteiger partial charge in [-0.1, -0.05) is 11.8 Å². The second-order valence-corrected chi connectivity index (χ2v) is 8.68. The molecule has 0 radical (unpaired) electrons. The SMILES string of the molecule is CC(C)(C)N(C(=O)O)C1=N[C@@]2(c3cc(N)ccc3F)COCC[C@H]2CS1. The topological polar surface area (TPSA) is 88.2 Å². The summed E-state index contributed by atoms with van der Waals surface area (Å²) in [4.78, 5) is 17.9. The van der Waals surface area contributed by atoms with Gasteiger partial charge in [0, 0.05) is 35.1 Å². The van der Waals surface area contributed by atoms with Crippen LogP contribution >= 0.6 is 11.8 Å². The van der Waals surface area contributed by atoms with Crippen LogP contribution in [0.15, 0.2) is 23.2 Å². The van der Waals surface area contributed by atoms with Crippen molar-refractivity contribution in [3.05, 3.63) is 29.6 Å². The van der Waals surface area contributed by atoms with Crippen LogP contribution in [0.4, 0.5) is 14.9 Å². The van der Waals surface area contributed by atoms with Crippen molar-refractivity contribution in [1.82, 2.24) is 4.90 Å². The number of amidine groups is 1. The zero-order valence-corrected chi connectivity index (χ0v) is 16.0. The molecule has 1 aromatic carbocycles. The number of halogens is 1. The Hall–Kier alpha value is -1.80. The van der Waals surface area contributed by atoms with Crippen LogP contribution < -0.4 is 5.73 Å². The van der Waals surface area contributed by atoms with Crippen molar-refractivity contribution in [3.63, 3.8) is 0 Å². The fraction of sp³-hybridized carbons (Fsp3) is 0.556. The van der Waals surface area contributed by atoms with E-state index >= 15 is 0 Å². The zero-order chi connectivity index (χ0) is 19.1. The molecule has 1 amide bonds. The number of benzene rings is 1. The number of rotatable bonds is 1. The molecule has 2 aliphatic rings. The minimum atomic E-state index is -1.08. The zero-order valence-electron chi connectivity index (χ0n) is 15.2. The van der Waals surface area contributed by atoms with Gasteiger partial charge < -0.3 is 15.6 Å². The van der Waals surface area contributed by atoms with Crippen molar-refractivity contribution in [2.45, 2.75) is 38.3 Å². The molecule has 1 fully saturated rings. The summed E-state index contributed by atoms with van der Waals surface area (Å²) in [5, 5.41) is 10.1. The number of aliphatic imine (C=N–C) groups is 1. The smallest absolute Gasteiger partial charge is 0.413 e. The summed E-state index contributed by atoms with van der Waals surface area (Å²) >= 11 is 1.40. The molecule has 0 saturated carbocycles. The van der Waals surface area contributed by atoms with Gasteiger partial charge in [0.15, 0.2) is 5.17 Å². The van der Waals surface area contributed by atoms with Gasteiger partial charge in [-0.15, -0.1) is 0 Å². The van der Waals surface area contributed by atoms with E-state index < -0.39 is 23.0 Å². The molecule has 3 N–H and O–H groups in total. The van der Waals surface area contributed by atoms with Crippen LogP contribution in [-0.4, -0.2) is 45.8 Å². The van der Waals surface area contributed by atoms with Crippen molar-refractivity contribution >= 4 is 28.7 Å². The van der Waals surface area contributed by atoms with Crippen LogP contribution in [0.25, 0.3) is 0 Å². The molecule has 1 aromatic rings. The van der Waals surface area contributed by atoms with Crippen LogP contribution in [0.1, 0.15) is 32.8 Å². The molecule has 1 saturated heterocycles. The van der Waals surface area contributed by atoms with Crippen molar-refractivity contribution in [1.29, 1.82) is 0 Å². The summed E-state index contributed by atoms with van der Waals surface area (Å²) in [6, 6.07) is 4.44. The van der Waals surface area contributed by atoms with E-state index in [9.17, 15) is 14.3 Å². The first-order valence-corrected chi connectivity index (χ1v) is 9.53. The highest BCUT2D eigenvalue weighted by molar-refractivity contribution is 8.13. The molecule has 142 valence electrons. The molecule has 8 heteroatoms. The summed E-state index contributed by atoms with van der Waals surface area (Å²) < 4.78 is 20.4. The van der Waals surface area contributed by atoms with Crippen molar-refractivity contribution < 1.29 is 19.0 Å².